The molecule has 0 aliphatic heterocycles. The minimum Gasteiger partial charge on any atom is -0.502 e. The molecule has 3 rings (SSSR count). The maximum Gasteiger partial charge on any atom is 0.311 e. The maximum absolute atomic E-state index is 10.9. The number of phenols is 1. The van der Waals surface area contributed by atoms with E-state index in [1.54, 1.807) is 0 Å². The van der Waals surface area contributed by atoms with Gasteiger partial charge < -0.3 is 10.4 Å². The van der Waals surface area contributed by atoms with Gasteiger partial charge in [-0.2, -0.15) is 10.4 Å². The van der Waals surface area contributed by atoms with Crippen LogP contribution in [-0.2, 0) is 0 Å². The van der Waals surface area contributed by atoms with Crippen molar-refractivity contribution in [3.8, 4) is 11.8 Å². The summed E-state index contributed by atoms with van der Waals surface area (Å²) in [6.45, 7) is 0. The number of benzene rings is 2. The number of hydrogen-bond donors (Lipinski definition) is 3. The van der Waals surface area contributed by atoms with Gasteiger partial charge in [-0.1, -0.05) is 18.2 Å². The first-order chi connectivity index (χ1) is 12.6. The van der Waals surface area contributed by atoms with E-state index in [4.69, 9.17) is 0 Å². The monoisotopic (exact) mass is 348 g/mol. The quantitative estimate of drug-likeness (QED) is 0.367. The number of nitro groups is 1. The molecule has 1 heterocycles. The van der Waals surface area contributed by atoms with E-state index in [1.807, 2.05) is 36.4 Å². The second-order valence-electron chi connectivity index (χ2n) is 5.16. The van der Waals surface area contributed by atoms with Gasteiger partial charge in [0.2, 0.25) is 0 Å². The van der Waals surface area contributed by atoms with Crippen molar-refractivity contribution >= 4 is 29.2 Å². The Hall–Kier alpha value is -4.19. The van der Waals surface area contributed by atoms with E-state index in [9.17, 15) is 20.5 Å². The Bertz CT molecular complexity index is 1020. The predicted molar refractivity (Wildman–Crippen MR) is 95.0 cm³/mol. The maximum atomic E-state index is 10.9. The SMILES string of the molecule is N#Cc1c(Nc2ccccc2)n[nH]c1/N=C/c1ccc(O)c([N+](=O)[O-])c1. The van der Waals surface area contributed by atoms with Crippen LogP contribution < -0.4 is 5.32 Å². The summed E-state index contributed by atoms with van der Waals surface area (Å²) >= 11 is 0. The smallest absolute Gasteiger partial charge is 0.311 e. The van der Waals surface area contributed by atoms with Crippen LogP contribution in [0.3, 0.4) is 0 Å². The Balaban J connectivity index is 1.87. The summed E-state index contributed by atoms with van der Waals surface area (Å²) in [5.74, 6) is 0.102. The number of H-pyrrole nitrogens is 1. The molecule has 0 unspecified atom stereocenters. The molecule has 0 radical (unpaired) electrons. The number of nitro benzene ring substituents is 1. The standard InChI is InChI=1S/C17H12N6O3/c18-9-13-16(21-22-17(13)20-12-4-2-1-3-5-12)19-10-11-6-7-15(24)14(8-11)23(25)26/h1-8,10,24H,(H2,20,21,22)/b19-10+. The Morgan fingerprint density at radius 3 is 2.77 bits per heavy atom. The predicted octanol–water partition coefficient (Wildman–Crippen LogP) is 3.39. The normalized spacial score (nSPS) is 10.6. The fourth-order valence-electron chi connectivity index (χ4n) is 2.19. The average Bonchev–Trinajstić information content (AvgIpc) is 3.03. The Kier molecular flexibility index (Phi) is 4.58. The molecule has 0 atom stereocenters. The molecule has 3 N–H and O–H groups in total. The van der Waals surface area contributed by atoms with Crippen molar-refractivity contribution in [2.24, 2.45) is 4.99 Å². The number of aromatic hydroxyl groups is 1. The number of aromatic amines is 1. The summed E-state index contributed by atoms with van der Waals surface area (Å²) in [4.78, 5) is 14.3. The third-order valence-electron chi connectivity index (χ3n) is 3.43. The van der Waals surface area contributed by atoms with E-state index in [2.05, 4.69) is 20.5 Å². The number of hydrogen-bond acceptors (Lipinski definition) is 7. The molecule has 26 heavy (non-hydrogen) atoms. The van der Waals surface area contributed by atoms with Crippen LogP contribution in [0.25, 0.3) is 0 Å². The molecule has 1 aromatic heterocycles. The minimum absolute atomic E-state index is 0.207. The number of aromatic nitrogens is 2. The Morgan fingerprint density at radius 2 is 2.08 bits per heavy atom. The van der Waals surface area contributed by atoms with Gasteiger partial charge in [0.05, 0.1) is 4.92 Å². The largest absolute Gasteiger partial charge is 0.502 e. The van der Waals surface area contributed by atoms with Crippen LogP contribution in [0.15, 0.2) is 53.5 Å². The van der Waals surface area contributed by atoms with Crippen molar-refractivity contribution in [2.45, 2.75) is 0 Å². The summed E-state index contributed by atoms with van der Waals surface area (Å²) in [7, 11) is 0. The van der Waals surface area contributed by atoms with Crippen molar-refractivity contribution in [1.82, 2.24) is 10.2 Å². The zero-order chi connectivity index (χ0) is 18.5. The van der Waals surface area contributed by atoms with Gasteiger partial charge in [-0.25, -0.2) is 4.99 Å². The zero-order valence-electron chi connectivity index (χ0n) is 13.2. The van der Waals surface area contributed by atoms with Gasteiger partial charge in [0.15, 0.2) is 17.4 Å². The van der Waals surface area contributed by atoms with E-state index in [-0.39, 0.29) is 11.4 Å². The number of nitrogens with zero attached hydrogens (tertiary/aromatic N) is 4. The molecule has 0 saturated carbocycles. The summed E-state index contributed by atoms with van der Waals surface area (Å²) < 4.78 is 0. The number of aliphatic imine (C=N–C) groups is 1. The molecule has 0 aliphatic rings. The first-order valence-corrected chi connectivity index (χ1v) is 7.40. The molecule has 0 amide bonds. The van der Waals surface area contributed by atoms with E-state index < -0.39 is 16.4 Å². The first kappa shape index (κ1) is 16.7. The summed E-state index contributed by atoms with van der Waals surface area (Å²) in [6, 6.07) is 15.1. The van der Waals surface area contributed by atoms with Crippen LogP contribution in [-0.4, -0.2) is 26.4 Å². The Morgan fingerprint density at radius 1 is 1.31 bits per heavy atom. The number of nitrogens with one attached hydrogen (secondary N) is 2. The third-order valence-corrected chi connectivity index (χ3v) is 3.43. The third kappa shape index (κ3) is 3.49. The summed E-state index contributed by atoms with van der Waals surface area (Å²) in [5.41, 5.74) is 0.939. The van der Waals surface area contributed by atoms with Gasteiger partial charge in [-0.3, -0.25) is 15.2 Å². The van der Waals surface area contributed by atoms with Crippen molar-refractivity contribution in [3.63, 3.8) is 0 Å². The van der Waals surface area contributed by atoms with Crippen LogP contribution in [0, 0.1) is 21.4 Å². The van der Waals surface area contributed by atoms with Gasteiger partial charge >= 0.3 is 5.69 Å². The highest BCUT2D eigenvalue weighted by Gasteiger charge is 2.14. The van der Waals surface area contributed by atoms with Crippen LogP contribution in [0.2, 0.25) is 0 Å². The van der Waals surface area contributed by atoms with E-state index in [0.717, 1.165) is 5.69 Å². The van der Waals surface area contributed by atoms with Crippen LogP contribution in [0.1, 0.15) is 11.1 Å². The summed E-state index contributed by atoms with van der Waals surface area (Å²) in [6.07, 6.45) is 1.34. The number of rotatable bonds is 5. The molecule has 9 nitrogen and oxygen atoms in total. The van der Waals surface area contributed by atoms with Gasteiger partial charge in [0.1, 0.15) is 11.6 Å². The minimum atomic E-state index is -0.689. The lowest BCUT2D eigenvalue weighted by atomic mass is 10.2. The molecule has 0 bridgehead atoms. The summed E-state index contributed by atoms with van der Waals surface area (Å²) in [5, 5.41) is 39.4. The van der Waals surface area contributed by atoms with Crippen molar-refractivity contribution in [2.75, 3.05) is 5.32 Å². The molecule has 128 valence electrons. The van der Waals surface area contributed by atoms with Crippen LogP contribution in [0.5, 0.6) is 5.75 Å². The second-order valence-corrected chi connectivity index (χ2v) is 5.16. The number of phenolic OH excluding ortho intramolecular Hbond substituents is 1. The molecular formula is C17H12N6O3. The lowest BCUT2D eigenvalue weighted by Gasteiger charge is -2.01. The molecule has 3 aromatic rings. The highest BCUT2D eigenvalue weighted by Crippen LogP contribution is 2.27. The molecule has 0 saturated heterocycles. The van der Waals surface area contributed by atoms with Gasteiger partial charge in [-0.05, 0) is 29.8 Å². The zero-order valence-corrected chi connectivity index (χ0v) is 13.2. The fourth-order valence-corrected chi connectivity index (χ4v) is 2.19. The van der Waals surface area contributed by atoms with Gasteiger partial charge in [0.25, 0.3) is 0 Å². The number of anilines is 2. The van der Waals surface area contributed by atoms with Crippen LogP contribution in [0.4, 0.5) is 23.0 Å². The number of para-hydroxylation sites is 1. The fraction of sp³-hybridized carbons (Fsp3) is 0. The average molecular weight is 348 g/mol. The number of nitriles is 1. The lowest BCUT2D eigenvalue weighted by Crippen LogP contribution is -1.92. The molecule has 0 spiro atoms. The molecule has 0 fully saturated rings. The molecule has 2 aromatic carbocycles. The van der Waals surface area contributed by atoms with Crippen molar-refractivity contribution in [3.05, 3.63) is 69.8 Å². The molecule has 0 aliphatic carbocycles. The second kappa shape index (κ2) is 7.14. The van der Waals surface area contributed by atoms with Crippen molar-refractivity contribution in [1.29, 1.82) is 5.26 Å². The lowest BCUT2D eigenvalue weighted by molar-refractivity contribution is -0.385. The van der Waals surface area contributed by atoms with Gasteiger partial charge in [0, 0.05) is 18.0 Å². The van der Waals surface area contributed by atoms with E-state index in [1.165, 1.54) is 24.4 Å². The molecular weight excluding hydrogens is 336 g/mol. The van der Waals surface area contributed by atoms with E-state index in [0.29, 0.717) is 11.4 Å². The topological polar surface area (TPSA) is 140 Å². The highest BCUT2D eigenvalue weighted by molar-refractivity contribution is 5.84. The van der Waals surface area contributed by atoms with Crippen LogP contribution >= 0.6 is 0 Å². The van der Waals surface area contributed by atoms with E-state index >= 15 is 0 Å². The molecule has 9 heteroatoms. The van der Waals surface area contributed by atoms with Crippen molar-refractivity contribution < 1.29 is 10.0 Å². The first-order valence-electron chi connectivity index (χ1n) is 7.40. The van der Waals surface area contributed by atoms with Gasteiger partial charge in [-0.15, -0.1) is 0 Å². The Labute approximate surface area is 147 Å². The highest BCUT2D eigenvalue weighted by atomic mass is 16.6.